The first-order valence-electron chi connectivity index (χ1n) is 9.81. The van der Waals surface area contributed by atoms with Crippen molar-refractivity contribution in [3.63, 3.8) is 0 Å². The molecule has 2 atom stereocenters. The van der Waals surface area contributed by atoms with Gasteiger partial charge in [-0.3, -0.25) is 9.59 Å². The van der Waals surface area contributed by atoms with Crippen molar-refractivity contribution in [3.05, 3.63) is 48.0 Å². The Balaban J connectivity index is 0.00000280. The molecule has 0 saturated carbocycles. The lowest BCUT2D eigenvalue weighted by Gasteiger charge is -2.28. The first-order valence-corrected chi connectivity index (χ1v) is 9.81. The Morgan fingerprint density at radius 1 is 1.14 bits per heavy atom. The molecular weight excluding hydrogens is 374 g/mol. The van der Waals surface area contributed by atoms with Gasteiger partial charge in [0.2, 0.25) is 11.8 Å². The molecule has 0 aromatic heterocycles. The second-order valence-corrected chi connectivity index (χ2v) is 7.70. The van der Waals surface area contributed by atoms with Crippen molar-refractivity contribution in [1.82, 2.24) is 16.0 Å². The van der Waals surface area contributed by atoms with Crippen molar-refractivity contribution in [2.75, 3.05) is 13.1 Å². The predicted molar refractivity (Wildman–Crippen MR) is 116 cm³/mol. The lowest BCUT2D eigenvalue weighted by Crippen LogP contribution is -2.55. The van der Waals surface area contributed by atoms with Crippen molar-refractivity contribution in [3.8, 4) is 0 Å². The SMILES string of the molecule is CC(C)C(NC(=O)Cc1ccc2ccccc2c1)C(=O)NC1CCCNC1.Cl. The zero-order chi connectivity index (χ0) is 19.2. The van der Waals surface area contributed by atoms with E-state index >= 15 is 0 Å². The molecule has 2 unspecified atom stereocenters. The Morgan fingerprint density at radius 3 is 2.57 bits per heavy atom. The number of halogens is 1. The van der Waals surface area contributed by atoms with Gasteiger partial charge in [-0.15, -0.1) is 12.4 Å². The summed E-state index contributed by atoms with van der Waals surface area (Å²) in [4.78, 5) is 25.2. The van der Waals surface area contributed by atoms with Gasteiger partial charge >= 0.3 is 0 Å². The first kappa shape index (κ1) is 22.2. The van der Waals surface area contributed by atoms with Crippen LogP contribution < -0.4 is 16.0 Å². The van der Waals surface area contributed by atoms with Crippen molar-refractivity contribution in [2.24, 2.45) is 5.92 Å². The van der Waals surface area contributed by atoms with E-state index in [0.29, 0.717) is 0 Å². The van der Waals surface area contributed by atoms with Crippen LogP contribution in [0.25, 0.3) is 10.8 Å². The fourth-order valence-corrected chi connectivity index (χ4v) is 3.56. The Morgan fingerprint density at radius 2 is 1.89 bits per heavy atom. The van der Waals surface area contributed by atoms with E-state index in [4.69, 9.17) is 0 Å². The van der Waals surface area contributed by atoms with E-state index in [2.05, 4.69) is 22.0 Å². The molecule has 1 saturated heterocycles. The number of amides is 2. The lowest BCUT2D eigenvalue weighted by atomic mass is 10.0. The van der Waals surface area contributed by atoms with Gasteiger partial charge in [-0.1, -0.05) is 56.3 Å². The minimum absolute atomic E-state index is 0. The highest BCUT2D eigenvalue weighted by atomic mass is 35.5. The lowest BCUT2D eigenvalue weighted by molar-refractivity contribution is -0.130. The summed E-state index contributed by atoms with van der Waals surface area (Å²) in [5.74, 6) is -0.187. The highest BCUT2D eigenvalue weighted by Gasteiger charge is 2.26. The minimum atomic E-state index is -0.514. The third-order valence-corrected chi connectivity index (χ3v) is 5.09. The Hall–Kier alpha value is -2.11. The largest absolute Gasteiger partial charge is 0.350 e. The predicted octanol–water partition coefficient (Wildman–Crippen LogP) is 2.81. The van der Waals surface area contributed by atoms with E-state index in [9.17, 15) is 9.59 Å². The fraction of sp³-hybridized carbons (Fsp3) is 0.455. The molecule has 0 radical (unpaired) electrons. The highest BCUT2D eigenvalue weighted by Crippen LogP contribution is 2.16. The van der Waals surface area contributed by atoms with Crippen LogP contribution in [0.15, 0.2) is 42.5 Å². The van der Waals surface area contributed by atoms with Crippen LogP contribution in [0.1, 0.15) is 32.3 Å². The van der Waals surface area contributed by atoms with Crippen LogP contribution in [0.2, 0.25) is 0 Å². The molecule has 2 aromatic rings. The Labute approximate surface area is 173 Å². The number of benzene rings is 2. The summed E-state index contributed by atoms with van der Waals surface area (Å²) >= 11 is 0. The zero-order valence-electron chi connectivity index (χ0n) is 16.5. The smallest absolute Gasteiger partial charge is 0.243 e. The standard InChI is InChI=1S/C22H29N3O2.ClH/c1-15(2)21(22(27)24-19-8-5-11-23-14-19)25-20(26)13-16-9-10-17-6-3-4-7-18(17)12-16;/h3-4,6-7,9-10,12,15,19,21,23H,5,8,11,13-14H2,1-2H3,(H,24,27)(H,25,26);1H. The molecule has 1 aliphatic heterocycles. The van der Waals surface area contributed by atoms with Gasteiger partial charge in [-0.2, -0.15) is 0 Å². The summed E-state index contributed by atoms with van der Waals surface area (Å²) in [5, 5.41) is 11.6. The van der Waals surface area contributed by atoms with E-state index in [1.807, 2.05) is 50.2 Å². The molecule has 2 aromatic carbocycles. The van der Waals surface area contributed by atoms with Crippen LogP contribution in [0, 0.1) is 5.92 Å². The Kier molecular flexibility index (Phi) is 8.27. The van der Waals surface area contributed by atoms with Crippen LogP contribution in [0.4, 0.5) is 0 Å². The summed E-state index contributed by atoms with van der Waals surface area (Å²) in [5.41, 5.74) is 0.950. The minimum Gasteiger partial charge on any atom is -0.350 e. The number of piperidine rings is 1. The quantitative estimate of drug-likeness (QED) is 0.694. The first-order chi connectivity index (χ1) is 13.0. The molecule has 1 fully saturated rings. The van der Waals surface area contributed by atoms with E-state index in [-0.39, 0.29) is 42.6 Å². The molecule has 6 heteroatoms. The monoisotopic (exact) mass is 403 g/mol. The maximum atomic E-state index is 12.7. The summed E-state index contributed by atoms with van der Waals surface area (Å²) in [6, 6.07) is 13.8. The van der Waals surface area contributed by atoms with Gasteiger partial charge in [0.05, 0.1) is 6.42 Å². The van der Waals surface area contributed by atoms with Gasteiger partial charge in [0.1, 0.15) is 6.04 Å². The van der Waals surface area contributed by atoms with Crippen molar-refractivity contribution in [2.45, 2.75) is 45.2 Å². The molecule has 152 valence electrons. The van der Waals surface area contributed by atoms with Crippen LogP contribution in [-0.4, -0.2) is 37.0 Å². The molecule has 3 rings (SSSR count). The Bertz CT molecular complexity index is 803. The van der Waals surface area contributed by atoms with E-state index in [0.717, 1.165) is 42.3 Å². The third-order valence-electron chi connectivity index (χ3n) is 5.09. The maximum Gasteiger partial charge on any atom is 0.243 e. The van der Waals surface area contributed by atoms with Crippen LogP contribution in [-0.2, 0) is 16.0 Å². The normalized spacial score (nSPS) is 17.6. The third kappa shape index (κ3) is 5.94. The molecule has 0 aliphatic carbocycles. The highest BCUT2D eigenvalue weighted by molar-refractivity contribution is 5.90. The summed E-state index contributed by atoms with van der Waals surface area (Å²) in [6.45, 7) is 5.71. The fourth-order valence-electron chi connectivity index (χ4n) is 3.56. The molecule has 3 N–H and O–H groups in total. The van der Waals surface area contributed by atoms with Gasteiger partial charge in [0.25, 0.3) is 0 Å². The van der Waals surface area contributed by atoms with Gasteiger partial charge < -0.3 is 16.0 Å². The van der Waals surface area contributed by atoms with E-state index in [1.54, 1.807) is 0 Å². The van der Waals surface area contributed by atoms with Crippen molar-refractivity contribution >= 4 is 35.0 Å². The molecule has 28 heavy (non-hydrogen) atoms. The summed E-state index contributed by atoms with van der Waals surface area (Å²) < 4.78 is 0. The number of fused-ring (bicyclic) bond motifs is 1. The molecule has 0 spiro atoms. The number of hydrogen-bond donors (Lipinski definition) is 3. The van der Waals surface area contributed by atoms with Crippen molar-refractivity contribution < 1.29 is 9.59 Å². The molecule has 1 heterocycles. The molecule has 2 amide bonds. The summed E-state index contributed by atoms with van der Waals surface area (Å²) in [6.07, 6.45) is 2.31. The van der Waals surface area contributed by atoms with Gasteiger partial charge in [-0.25, -0.2) is 0 Å². The molecule has 0 bridgehead atoms. The number of rotatable bonds is 6. The number of nitrogens with one attached hydrogen (secondary N) is 3. The van der Waals surface area contributed by atoms with E-state index < -0.39 is 6.04 Å². The topological polar surface area (TPSA) is 70.2 Å². The van der Waals surface area contributed by atoms with Gasteiger partial charge in [-0.05, 0) is 41.6 Å². The molecular formula is C22H30ClN3O2. The number of hydrogen-bond acceptors (Lipinski definition) is 3. The van der Waals surface area contributed by atoms with Gasteiger partial charge in [0, 0.05) is 12.6 Å². The van der Waals surface area contributed by atoms with Crippen LogP contribution >= 0.6 is 12.4 Å². The van der Waals surface area contributed by atoms with E-state index in [1.165, 1.54) is 0 Å². The molecule has 5 nitrogen and oxygen atoms in total. The zero-order valence-corrected chi connectivity index (χ0v) is 17.4. The maximum absolute atomic E-state index is 12.7. The van der Waals surface area contributed by atoms with Crippen LogP contribution in [0.5, 0.6) is 0 Å². The second kappa shape index (κ2) is 10.4. The molecule has 1 aliphatic rings. The van der Waals surface area contributed by atoms with Crippen LogP contribution in [0.3, 0.4) is 0 Å². The van der Waals surface area contributed by atoms with Gasteiger partial charge in [0.15, 0.2) is 0 Å². The summed E-state index contributed by atoms with van der Waals surface area (Å²) in [7, 11) is 0. The second-order valence-electron chi connectivity index (χ2n) is 7.70. The van der Waals surface area contributed by atoms with Crippen molar-refractivity contribution in [1.29, 1.82) is 0 Å². The average Bonchev–Trinajstić information content (AvgIpc) is 2.66. The number of carbonyl (C=O) groups is 2. The average molecular weight is 404 g/mol. The number of carbonyl (C=O) groups excluding carboxylic acids is 2.